The third-order valence-corrected chi connectivity index (χ3v) is 4.91. The number of aryl methyl sites for hydroxylation is 1. The molecular formula is C19H29ClN2O2. The number of rotatable bonds is 5. The van der Waals surface area contributed by atoms with E-state index in [4.69, 9.17) is 5.73 Å². The molecule has 2 N–H and O–H groups in total. The highest BCUT2D eigenvalue weighted by atomic mass is 35.5. The average molecular weight is 353 g/mol. The molecule has 4 nitrogen and oxygen atoms in total. The summed E-state index contributed by atoms with van der Waals surface area (Å²) < 4.78 is 0. The first-order valence-electron chi connectivity index (χ1n) is 8.49. The predicted molar refractivity (Wildman–Crippen MR) is 99.6 cm³/mol. The van der Waals surface area contributed by atoms with Crippen LogP contribution in [-0.2, 0) is 11.2 Å². The molecule has 134 valence electrons. The Kier molecular flexibility index (Phi) is 7.43. The van der Waals surface area contributed by atoms with Gasteiger partial charge in [0.25, 0.3) is 0 Å². The second-order valence-electron chi connectivity index (χ2n) is 7.17. The second-order valence-corrected chi connectivity index (χ2v) is 7.17. The Balaban J connectivity index is 0.00000288. The van der Waals surface area contributed by atoms with Gasteiger partial charge >= 0.3 is 0 Å². The van der Waals surface area contributed by atoms with E-state index in [1.807, 2.05) is 29.2 Å². The number of carbonyl (C=O) groups is 2. The van der Waals surface area contributed by atoms with Gasteiger partial charge < -0.3 is 10.6 Å². The number of nitrogens with zero attached hydrogens (tertiary/aromatic N) is 1. The van der Waals surface area contributed by atoms with Gasteiger partial charge in [-0.3, -0.25) is 9.59 Å². The number of piperidine rings is 1. The SMILES string of the molecule is CCc1ccc(C(=O)CCC(=O)N2CCC(N)C(C)(C)C2)cc1.Cl. The van der Waals surface area contributed by atoms with Crippen molar-refractivity contribution in [2.24, 2.45) is 11.1 Å². The van der Waals surface area contributed by atoms with Crippen molar-refractivity contribution in [2.45, 2.75) is 52.5 Å². The molecule has 1 aromatic rings. The molecule has 0 saturated carbocycles. The molecule has 1 heterocycles. The van der Waals surface area contributed by atoms with E-state index in [1.54, 1.807) is 0 Å². The zero-order valence-corrected chi connectivity index (χ0v) is 15.7. The molecule has 1 aliphatic rings. The zero-order chi connectivity index (χ0) is 17.0. The molecule has 0 radical (unpaired) electrons. The molecule has 1 unspecified atom stereocenters. The molecule has 1 amide bonds. The van der Waals surface area contributed by atoms with Crippen molar-refractivity contribution in [2.75, 3.05) is 13.1 Å². The summed E-state index contributed by atoms with van der Waals surface area (Å²) >= 11 is 0. The number of hydrogen-bond donors (Lipinski definition) is 1. The lowest BCUT2D eigenvalue weighted by molar-refractivity contribution is -0.134. The van der Waals surface area contributed by atoms with E-state index < -0.39 is 0 Å². The number of benzene rings is 1. The average Bonchev–Trinajstić information content (AvgIpc) is 2.54. The molecule has 0 aromatic heterocycles. The van der Waals surface area contributed by atoms with E-state index in [0.717, 1.165) is 12.8 Å². The summed E-state index contributed by atoms with van der Waals surface area (Å²) in [5.74, 6) is 0.0949. The summed E-state index contributed by atoms with van der Waals surface area (Å²) in [4.78, 5) is 26.4. The highest BCUT2D eigenvalue weighted by Gasteiger charge is 2.35. The van der Waals surface area contributed by atoms with Crippen LogP contribution in [0, 0.1) is 5.41 Å². The van der Waals surface area contributed by atoms with Crippen LogP contribution in [0.25, 0.3) is 0 Å². The van der Waals surface area contributed by atoms with Crippen molar-refractivity contribution < 1.29 is 9.59 Å². The van der Waals surface area contributed by atoms with E-state index in [0.29, 0.717) is 18.7 Å². The number of nitrogens with two attached hydrogens (primary N) is 1. The number of likely N-dealkylation sites (tertiary alicyclic amines) is 1. The molecule has 1 fully saturated rings. The van der Waals surface area contributed by atoms with Gasteiger partial charge in [-0.25, -0.2) is 0 Å². The minimum atomic E-state index is -0.0616. The number of Topliss-reactive ketones (excluding diaryl/α,β-unsaturated/α-hetero) is 1. The van der Waals surface area contributed by atoms with Crippen LogP contribution in [0.4, 0.5) is 0 Å². The van der Waals surface area contributed by atoms with Crippen molar-refractivity contribution in [3.05, 3.63) is 35.4 Å². The summed E-state index contributed by atoms with van der Waals surface area (Å²) in [5.41, 5.74) is 7.95. The topological polar surface area (TPSA) is 63.4 Å². The van der Waals surface area contributed by atoms with Crippen LogP contribution in [0.1, 0.15) is 56.0 Å². The van der Waals surface area contributed by atoms with Crippen LogP contribution in [0.15, 0.2) is 24.3 Å². The van der Waals surface area contributed by atoms with E-state index >= 15 is 0 Å². The summed E-state index contributed by atoms with van der Waals surface area (Å²) in [6.45, 7) is 7.64. The van der Waals surface area contributed by atoms with E-state index in [-0.39, 0.29) is 48.4 Å². The Bertz CT molecular complexity index is 569. The Morgan fingerprint density at radius 3 is 2.38 bits per heavy atom. The fourth-order valence-corrected chi connectivity index (χ4v) is 3.04. The third kappa shape index (κ3) is 5.05. The molecule has 1 aromatic carbocycles. The molecule has 0 aliphatic carbocycles. The number of hydrogen-bond acceptors (Lipinski definition) is 3. The van der Waals surface area contributed by atoms with Gasteiger partial charge in [0, 0.05) is 37.5 Å². The molecule has 1 atom stereocenters. The molecule has 2 rings (SSSR count). The van der Waals surface area contributed by atoms with Gasteiger partial charge in [-0.2, -0.15) is 0 Å². The van der Waals surface area contributed by atoms with Crippen molar-refractivity contribution in [1.82, 2.24) is 4.90 Å². The minimum absolute atomic E-state index is 0. The molecule has 0 spiro atoms. The lowest BCUT2D eigenvalue weighted by Gasteiger charge is -2.42. The van der Waals surface area contributed by atoms with Crippen LogP contribution >= 0.6 is 12.4 Å². The van der Waals surface area contributed by atoms with Crippen molar-refractivity contribution in [3.8, 4) is 0 Å². The fourth-order valence-electron chi connectivity index (χ4n) is 3.04. The number of halogens is 1. The third-order valence-electron chi connectivity index (χ3n) is 4.91. The highest BCUT2D eigenvalue weighted by molar-refractivity contribution is 5.98. The highest BCUT2D eigenvalue weighted by Crippen LogP contribution is 2.28. The summed E-state index contributed by atoms with van der Waals surface area (Å²) in [6, 6.07) is 7.79. The van der Waals surface area contributed by atoms with Crippen LogP contribution in [-0.4, -0.2) is 35.7 Å². The van der Waals surface area contributed by atoms with Crippen LogP contribution in [0.2, 0.25) is 0 Å². The van der Waals surface area contributed by atoms with E-state index in [9.17, 15) is 9.59 Å². The monoisotopic (exact) mass is 352 g/mol. The number of carbonyl (C=O) groups excluding carboxylic acids is 2. The maximum absolute atomic E-state index is 12.4. The van der Waals surface area contributed by atoms with Gasteiger partial charge in [-0.05, 0) is 23.8 Å². The quantitative estimate of drug-likeness (QED) is 0.827. The zero-order valence-electron chi connectivity index (χ0n) is 14.9. The minimum Gasteiger partial charge on any atom is -0.342 e. The molecule has 0 bridgehead atoms. The first kappa shape index (κ1) is 20.7. The molecule has 5 heteroatoms. The number of amides is 1. The molecule has 1 saturated heterocycles. The van der Waals surface area contributed by atoms with Crippen LogP contribution in [0.3, 0.4) is 0 Å². The largest absolute Gasteiger partial charge is 0.342 e. The second kappa shape index (κ2) is 8.63. The summed E-state index contributed by atoms with van der Waals surface area (Å²) in [6.07, 6.45) is 2.33. The Morgan fingerprint density at radius 1 is 1.21 bits per heavy atom. The maximum atomic E-state index is 12.4. The maximum Gasteiger partial charge on any atom is 0.223 e. The Hall–Kier alpha value is -1.39. The van der Waals surface area contributed by atoms with Gasteiger partial charge in [0.05, 0.1) is 0 Å². The Labute approximate surface area is 151 Å². The first-order valence-corrected chi connectivity index (χ1v) is 8.49. The first-order chi connectivity index (χ1) is 10.8. The van der Waals surface area contributed by atoms with E-state index in [2.05, 4.69) is 20.8 Å². The molecule has 24 heavy (non-hydrogen) atoms. The van der Waals surface area contributed by atoms with Gasteiger partial charge in [0.1, 0.15) is 0 Å². The molecular weight excluding hydrogens is 324 g/mol. The van der Waals surface area contributed by atoms with Crippen molar-refractivity contribution >= 4 is 24.1 Å². The van der Waals surface area contributed by atoms with Gasteiger partial charge in [-0.15, -0.1) is 12.4 Å². The standard InChI is InChI=1S/C19H28N2O2.ClH/c1-4-14-5-7-15(8-6-14)16(22)9-10-18(23)21-12-11-17(20)19(2,3)13-21;/h5-8,17H,4,9-13,20H2,1-3H3;1H. The fraction of sp³-hybridized carbons (Fsp3) is 0.579. The van der Waals surface area contributed by atoms with Crippen molar-refractivity contribution in [1.29, 1.82) is 0 Å². The smallest absolute Gasteiger partial charge is 0.223 e. The van der Waals surface area contributed by atoms with Gasteiger partial charge in [0.15, 0.2) is 5.78 Å². The lowest BCUT2D eigenvalue weighted by Crippen LogP contribution is -2.54. The predicted octanol–water partition coefficient (Wildman–Crippen LogP) is 3.22. The number of ketones is 1. The van der Waals surface area contributed by atoms with Crippen molar-refractivity contribution in [3.63, 3.8) is 0 Å². The molecule has 1 aliphatic heterocycles. The summed E-state index contributed by atoms with van der Waals surface area (Å²) in [7, 11) is 0. The van der Waals surface area contributed by atoms with Gasteiger partial charge in [-0.1, -0.05) is 45.0 Å². The van der Waals surface area contributed by atoms with Crippen LogP contribution < -0.4 is 5.73 Å². The Morgan fingerprint density at radius 2 is 1.83 bits per heavy atom. The van der Waals surface area contributed by atoms with Gasteiger partial charge in [0.2, 0.25) is 5.91 Å². The lowest BCUT2D eigenvalue weighted by atomic mass is 9.79. The summed E-state index contributed by atoms with van der Waals surface area (Å²) in [5, 5.41) is 0. The van der Waals surface area contributed by atoms with E-state index in [1.165, 1.54) is 5.56 Å². The van der Waals surface area contributed by atoms with Crippen LogP contribution in [0.5, 0.6) is 0 Å². The normalized spacial score (nSPS) is 19.5.